The van der Waals surface area contributed by atoms with E-state index in [1.165, 1.54) is 0 Å². The predicted octanol–water partition coefficient (Wildman–Crippen LogP) is 2.32. The fourth-order valence-corrected chi connectivity index (χ4v) is 1.63. The molecule has 1 atom stereocenters. The molecule has 0 aliphatic heterocycles. The number of hydrogen-bond acceptors (Lipinski definition) is 2. The molecule has 0 saturated heterocycles. The molecule has 1 aromatic carbocycles. The van der Waals surface area contributed by atoms with Gasteiger partial charge in [0, 0.05) is 23.2 Å². The number of anilines is 1. The van der Waals surface area contributed by atoms with E-state index >= 15 is 0 Å². The summed E-state index contributed by atoms with van der Waals surface area (Å²) in [5.41, 5.74) is 7.14. The molecule has 0 spiro atoms. The molecule has 1 aromatic rings. The Morgan fingerprint density at radius 2 is 2.27 bits per heavy atom. The molecule has 4 heteroatoms. The SMILES string of the molecule is Cc1cc(Cl)ccc1NC(C)CC(N)=O. The number of aryl methyl sites for hydroxylation is 1. The van der Waals surface area contributed by atoms with Gasteiger partial charge < -0.3 is 11.1 Å². The molecule has 0 fully saturated rings. The lowest BCUT2D eigenvalue weighted by atomic mass is 10.1. The number of nitrogens with two attached hydrogens (primary N) is 1. The Hall–Kier alpha value is -1.22. The first-order chi connectivity index (χ1) is 6.99. The quantitative estimate of drug-likeness (QED) is 0.828. The Labute approximate surface area is 94.6 Å². The van der Waals surface area contributed by atoms with Crippen LogP contribution >= 0.6 is 11.6 Å². The molecule has 0 heterocycles. The fourth-order valence-electron chi connectivity index (χ4n) is 1.41. The van der Waals surface area contributed by atoms with Crippen molar-refractivity contribution in [2.75, 3.05) is 5.32 Å². The Kier molecular flexibility index (Phi) is 3.97. The number of amides is 1. The fraction of sp³-hybridized carbons (Fsp3) is 0.364. The summed E-state index contributed by atoms with van der Waals surface area (Å²) in [5, 5.41) is 3.92. The second-order valence-electron chi connectivity index (χ2n) is 3.68. The lowest BCUT2D eigenvalue weighted by Gasteiger charge is -2.15. The summed E-state index contributed by atoms with van der Waals surface area (Å²) < 4.78 is 0. The first-order valence-corrected chi connectivity index (χ1v) is 5.18. The largest absolute Gasteiger partial charge is 0.382 e. The van der Waals surface area contributed by atoms with E-state index in [0.717, 1.165) is 11.3 Å². The van der Waals surface area contributed by atoms with Crippen LogP contribution in [-0.4, -0.2) is 11.9 Å². The second-order valence-corrected chi connectivity index (χ2v) is 4.11. The summed E-state index contributed by atoms with van der Waals surface area (Å²) in [5.74, 6) is -0.304. The van der Waals surface area contributed by atoms with E-state index in [4.69, 9.17) is 17.3 Å². The number of benzene rings is 1. The lowest BCUT2D eigenvalue weighted by Crippen LogP contribution is -2.24. The molecule has 3 nitrogen and oxygen atoms in total. The van der Waals surface area contributed by atoms with Crippen molar-refractivity contribution in [2.24, 2.45) is 5.73 Å². The molecular weight excluding hydrogens is 212 g/mol. The topological polar surface area (TPSA) is 55.1 Å². The molecule has 1 rings (SSSR count). The Bertz CT molecular complexity index is 366. The first kappa shape index (κ1) is 11.9. The van der Waals surface area contributed by atoms with Crippen LogP contribution in [0.1, 0.15) is 18.9 Å². The molecule has 0 bridgehead atoms. The van der Waals surface area contributed by atoms with Gasteiger partial charge in [-0.05, 0) is 37.6 Å². The highest BCUT2D eigenvalue weighted by molar-refractivity contribution is 6.30. The molecule has 0 aliphatic carbocycles. The standard InChI is InChI=1S/C11H15ClN2O/c1-7-5-9(12)3-4-10(7)14-8(2)6-11(13)15/h3-5,8,14H,6H2,1-2H3,(H2,13,15). The normalized spacial score (nSPS) is 12.2. The van der Waals surface area contributed by atoms with Crippen molar-refractivity contribution in [1.82, 2.24) is 0 Å². The highest BCUT2D eigenvalue weighted by Crippen LogP contribution is 2.20. The number of carbonyl (C=O) groups is 1. The van der Waals surface area contributed by atoms with Crippen LogP contribution in [0.2, 0.25) is 5.02 Å². The van der Waals surface area contributed by atoms with E-state index in [-0.39, 0.29) is 11.9 Å². The van der Waals surface area contributed by atoms with Gasteiger partial charge in [-0.25, -0.2) is 0 Å². The van der Waals surface area contributed by atoms with Crippen LogP contribution in [0, 0.1) is 6.92 Å². The number of primary amides is 1. The van der Waals surface area contributed by atoms with Crippen LogP contribution in [0.15, 0.2) is 18.2 Å². The smallest absolute Gasteiger partial charge is 0.219 e. The van der Waals surface area contributed by atoms with Crippen molar-refractivity contribution < 1.29 is 4.79 Å². The van der Waals surface area contributed by atoms with Crippen molar-refractivity contribution in [3.05, 3.63) is 28.8 Å². The average Bonchev–Trinajstić information content (AvgIpc) is 2.08. The maximum absolute atomic E-state index is 10.7. The zero-order valence-electron chi connectivity index (χ0n) is 8.88. The molecule has 0 aliphatic rings. The van der Waals surface area contributed by atoms with Crippen LogP contribution in [-0.2, 0) is 4.79 Å². The van der Waals surface area contributed by atoms with Crippen LogP contribution in [0.4, 0.5) is 5.69 Å². The monoisotopic (exact) mass is 226 g/mol. The molecule has 0 aromatic heterocycles. The van der Waals surface area contributed by atoms with Crippen molar-refractivity contribution in [3.8, 4) is 0 Å². The van der Waals surface area contributed by atoms with Crippen molar-refractivity contribution in [1.29, 1.82) is 0 Å². The molecule has 1 unspecified atom stereocenters. The van der Waals surface area contributed by atoms with Gasteiger partial charge in [-0.15, -0.1) is 0 Å². The Balaban J connectivity index is 2.68. The van der Waals surface area contributed by atoms with Gasteiger partial charge in [-0.3, -0.25) is 4.79 Å². The van der Waals surface area contributed by atoms with Crippen molar-refractivity contribution >= 4 is 23.2 Å². The van der Waals surface area contributed by atoms with Crippen LogP contribution in [0.3, 0.4) is 0 Å². The zero-order chi connectivity index (χ0) is 11.4. The van der Waals surface area contributed by atoms with Crippen LogP contribution in [0.5, 0.6) is 0 Å². The van der Waals surface area contributed by atoms with E-state index < -0.39 is 0 Å². The lowest BCUT2D eigenvalue weighted by molar-refractivity contribution is -0.118. The minimum Gasteiger partial charge on any atom is -0.382 e. The maximum atomic E-state index is 10.7. The van der Waals surface area contributed by atoms with Gasteiger partial charge in [0.1, 0.15) is 0 Å². The summed E-state index contributed by atoms with van der Waals surface area (Å²) in [6.07, 6.45) is 0.321. The first-order valence-electron chi connectivity index (χ1n) is 4.80. The average molecular weight is 227 g/mol. The predicted molar refractivity (Wildman–Crippen MR) is 63.1 cm³/mol. The van der Waals surface area contributed by atoms with Crippen molar-refractivity contribution in [3.63, 3.8) is 0 Å². The minimum absolute atomic E-state index is 0.0300. The van der Waals surface area contributed by atoms with Crippen molar-refractivity contribution in [2.45, 2.75) is 26.3 Å². The molecule has 15 heavy (non-hydrogen) atoms. The van der Waals surface area contributed by atoms with E-state index in [0.29, 0.717) is 11.4 Å². The van der Waals surface area contributed by atoms with E-state index in [1.54, 1.807) is 0 Å². The highest BCUT2D eigenvalue weighted by Gasteiger charge is 2.07. The number of halogens is 1. The summed E-state index contributed by atoms with van der Waals surface area (Å²) in [7, 11) is 0. The summed E-state index contributed by atoms with van der Waals surface area (Å²) in [4.78, 5) is 10.7. The summed E-state index contributed by atoms with van der Waals surface area (Å²) in [6.45, 7) is 3.88. The van der Waals surface area contributed by atoms with Gasteiger partial charge >= 0.3 is 0 Å². The highest BCUT2D eigenvalue weighted by atomic mass is 35.5. The molecule has 82 valence electrons. The number of carbonyl (C=O) groups excluding carboxylic acids is 1. The van der Waals surface area contributed by atoms with E-state index in [9.17, 15) is 4.79 Å². The molecule has 3 N–H and O–H groups in total. The maximum Gasteiger partial charge on any atom is 0.219 e. The molecule has 0 radical (unpaired) electrons. The molecule has 1 amide bonds. The van der Waals surface area contributed by atoms with Gasteiger partial charge in [0.05, 0.1) is 0 Å². The third-order valence-corrected chi connectivity index (χ3v) is 2.33. The van der Waals surface area contributed by atoms with E-state index in [2.05, 4.69) is 5.32 Å². The molecule has 0 saturated carbocycles. The zero-order valence-corrected chi connectivity index (χ0v) is 9.64. The van der Waals surface area contributed by atoms with Gasteiger partial charge in [0.25, 0.3) is 0 Å². The summed E-state index contributed by atoms with van der Waals surface area (Å²) in [6, 6.07) is 5.62. The van der Waals surface area contributed by atoms with Crippen LogP contribution < -0.4 is 11.1 Å². The van der Waals surface area contributed by atoms with Gasteiger partial charge in [0.2, 0.25) is 5.91 Å². The van der Waals surface area contributed by atoms with Gasteiger partial charge in [0.15, 0.2) is 0 Å². The number of rotatable bonds is 4. The van der Waals surface area contributed by atoms with Gasteiger partial charge in [-0.2, -0.15) is 0 Å². The second kappa shape index (κ2) is 5.03. The number of nitrogens with one attached hydrogen (secondary N) is 1. The summed E-state index contributed by atoms with van der Waals surface area (Å²) >= 11 is 5.84. The third kappa shape index (κ3) is 3.80. The van der Waals surface area contributed by atoms with Crippen LogP contribution in [0.25, 0.3) is 0 Å². The Morgan fingerprint density at radius 3 is 2.80 bits per heavy atom. The number of hydrogen-bond donors (Lipinski definition) is 2. The van der Waals surface area contributed by atoms with Gasteiger partial charge in [-0.1, -0.05) is 11.6 Å². The van der Waals surface area contributed by atoms with E-state index in [1.807, 2.05) is 32.0 Å². The third-order valence-electron chi connectivity index (χ3n) is 2.10. The Morgan fingerprint density at radius 1 is 1.60 bits per heavy atom. The minimum atomic E-state index is -0.304. The molecular formula is C11H15ClN2O.